The summed E-state index contributed by atoms with van der Waals surface area (Å²) in [6, 6.07) is 14.5. The molecule has 2 saturated heterocycles. The molecule has 0 spiro atoms. The van der Waals surface area contributed by atoms with Crippen LogP contribution in [0.5, 0.6) is 0 Å². The van der Waals surface area contributed by atoms with Gasteiger partial charge in [-0.3, -0.25) is 19.7 Å². The van der Waals surface area contributed by atoms with Gasteiger partial charge in [0.1, 0.15) is 5.54 Å². The molecule has 2 aromatic rings. The first-order valence-corrected chi connectivity index (χ1v) is 9.65. The number of aryl methyl sites for hydroxylation is 2. The quantitative estimate of drug-likeness (QED) is 0.642. The van der Waals surface area contributed by atoms with Crippen molar-refractivity contribution < 1.29 is 19.1 Å². The van der Waals surface area contributed by atoms with E-state index in [2.05, 4.69) is 5.32 Å². The average molecular weight is 392 g/mol. The van der Waals surface area contributed by atoms with Gasteiger partial charge in [0, 0.05) is 6.04 Å². The lowest BCUT2D eigenvalue weighted by atomic mass is 9.80. The van der Waals surface area contributed by atoms with E-state index in [0.29, 0.717) is 5.69 Å². The van der Waals surface area contributed by atoms with E-state index in [1.165, 1.54) is 12.0 Å². The van der Waals surface area contributed by atoms with Crippen LogP contribution in [-0.4, -0.2) is 30.4 Å². The number of benzene rings is 2. The zero-order chi connectivity index (χ0) is 20.9. The van der Waals surface area contributed by atoms with Crippen molar-refractivity contribution in [1.29, 1.82) is 0 Å². The van der Waals surface area contributed by atoms with Gasteiger partial charge in [0.15, 0.2) is 0 Å². The fourth-order valence-electron chi connectivity index (χ4n) is 4.69. The molecular formula is C23H24N2O4. The molecule has 150 valence electrons. The van der Waals surface area contributed by atoms with Gasteiger partial charge in [0.05, 0.1) is 24.6 Å². The topological polar surface area (TPSA) is 75.7 Å². The van der Waals surface area contributed by atoms with Crippen molar-refractivity contribution in [1.82, 2.24) is 5.32 Å². The molecule has 2 fully saturated rings. The van der Waals surface area contributed by atoms with Crippen LogP contribution in [0.1, 0.15) is 29.7 Å². The molecule has 0 bridgehead atoms. The lowest BCUT2D eigenvalue weighted by Crippen LogP contribution is -2.54. The van der Waals surface area contributed by atoms with Gasteiger partial charge < -0.3 is 4.74 Å². The second-order valence-corrected chi connectivity index (χ2v) is 8.02. The van der Waals surface area contributed by atoms with Crippen molar-refractivity contribution in [3.05, 3.63) is 65.2 Å². The Morgan fingerprint density at radius 2 is 1.69 bits per heavy atom. The van der Waals surface area contributed by atoms with Crippen molar-refractivity contribution in [2.24, 2.45) is 11.8 Å². The predicted octanol–water partition coefficient (Wildman–Crippen LogP) is 2.69. The minimum Gasteiger partial charge on any atom is -0.468 e. The number of amides is 2. The number of nitrogens with zero attached hydrogens (tertiary/aromatic N) is 1. The molecule has 2 aliphatic heterocycles. The predicted molar refractivity (Wildman–Crippen MR) is 108 cm³/mol. The molecule has 2 aliphatic rings. The van der Waals surface area contributed by atoms with E-state index in [1.54, 1.807) is 19.1 Å². The number of ether oxygens (including phenoxy) is 1. The Morgan fingerprint density at radius 1 is 1.03 bits per heavy atom. The summed E-state index contributed by atoms with van der Waals surface area (Å²) in [4.78, 5) is 40.9. The number of nitrogens with one attached hydrogen (secondary N) is 1. The van der Waals surface area contributed by atoms with Gasteiger partial charge in [-0.2, -0.15) is 0 Å². The maximum absolute atomic E-state index is 13.5. The Labute approximate surface area is 169 Å². The number of rotatable bonds is 3. The van der Waals surface area contributed by atoms with Gasteiger partial charge in [0.2, 0.25) is 11.8 Å². The van der Waals surface area contributed by atoms with Gasteiger partial charge in [-0.25, -0.2) is 4.90 Å². The van der Waals surface area contributed by atoms with Crippen LogP contribution in [0.2, 0.25) is 0 Å². The molecular weight excluding hydrogens is 368 g/mol. The number of anilines is 1. The number of carbonyl (C=O) groups excluding carboxylic acids is 3. The molecule has 1 N–H and O–H groups in total. The molecule has 2 heterocycles. The SMILES string of the molecule is COC(=O)[C@]1(C)N[C@@H](c2ccccc2C)[C@H]2C(=O)N(c3ccc(C)cc3)C(=O)[C@H]21. The minimum absolute atomic E-state index is 0.294. The molecule has 0 unspecified atom stereocenters. The maximum atomic E-state index is 13.5. The summed E-state index contributed by atoms with van der Waals surface area (Å²) in [7, 11) is 1.30. The monoisotopic (exact) mass is 392 g/mol. The Kier molecular flexibility index (Phi) is 4.54. The Balaban J connectivity index is 1.84. The van der Waals surface area contributed by atoms with Crippen LogP contribution in [0.25, 0.3) is 0 Å². The first-order chi connectivity index (χ1) is 13.8. The third kappa shape index (κ3) is 2.78. The number of carbonyl (C=O) groups is 3. The number of hydrogen-bond donors (Lipinski definition) is 1. The van der Waals surface area contributed by atoms with E-state index in [-0.39, 0.29) is 11.8 Å². The molecule has 4 atom stereocenters. The highest BCUT2D eigenvalue weighted by Gasteiger charge is 2.67. The van der Waals surface area contributed by atoms with Gasteiger partial charge in [-0.05, 0) is 44.0 Å². The molecule has 29 heavy (non-hydrogen) atoms. The average Bonchev–Trinajstić information content (AvgIpc) is 3.16. The lowest BCUT2D eigenvalue weighted by molar-refractivity contribution is -0.151. The largest absolute Gasteiger partial charge is 0.468 e. The molecule has 2 aromatic carbocycles. The van der Waals surface area contributed by atoms with E-state index in [9.17, 15) is 14.4 Å². The van der Waals surface area contributed by atoms with Gasteiger partial charge in [-0.15, -0.1) is 0 Å². The highest BCUT2D eigenvalue weighted by molar-refractivity contribution is 6.24. The lowest BCUT2D eigenvalue weighted by Gasteiger charge is -2.29. The third-order valence-electron chi connectivity index (χ3n) is 6.21. The van der Waals surface area contributed by atoms with Crippen LogP contribution in [0.15, 0.2) is 48.5 Å². The van der Waals surface area contributed by atoms with Crippen molar-refractivity contribution in [2.75, 3.05) is 12.0 Å². The fourth-order valence-corrected chi connectivity index (χ4v) is 4.69. The highest BCUT2D eigenvalue weighted by Crippen LogP contribution is 2.50. The number of imide groups is 1. The van der Waals surface area contributed by atoms with E-state index >= 15 is 0 Å². The van der Waals surface area contributed by atoms with Crippen LogP contribution in [0, 0.1) is 25.7 Å². The number of hydrogen-bond acceptors (Lipinski definition) is 5. The number of methoxy groups -OCH3 is 1. The second kappa shape index (κ2) is 6.81. The first kappa shape index (κ1) is 19.3. The second-order valence-electron chi connectivity index (χ2n) is 8.02. The van der Waals surface area contributed by atoms with Crippen molar-refractivity contribution >= 4 is 23.5 Å². The van der Waals surface area contributed by atoms with Gasteiger partial charge in [-0.1, -0.05) is 42.0 Å². The molecule has 0 radical (unpaired) electrons. The molecule has 6 nitrogen and oxygen atoms in total. The van der Waals surface area contributed by atoms with E-state index < -0.39 is 29.4 Å². The first-order valence-electron chi connectivity index (χ1n) is 9.65. The van der Waals surface area contributed by atoms with Crippen molar-refractivity contribution in [2.45, 2.75) is 32.4 Å². The molecule has 4 rings (SSSR count). The highest BCUT2D eigenvalue weighted by atomic mass is 16.5. The zero-order valence-electron chi connectivity index (χ0n) is 16.9. The summed E-state index contributed by atoms with van der Waals surface area (Å²) in [5.74, 6) is -2.74. The van der Waals surface area contributed by atoms with E-state index in [4.69, 9.17) is 4.74 Å². The summed E-state index contributed by atoms with van der Waals surface area (Å²) in [5.41, 5.74) is 2.16. The molecule has 2 amide bonds. The number of esters is 1. The van der Waals surface area contributed by atoms with Crippen LogP contribution in [0.4, 0.5) is 5.69 Å². The maximum Gasteiger partial charge on any atom is 0.326 e. The summed E-state index contributed by atoms with van der Waals surface area (Å²) < 4.78 is 5.02. The molecule has 6 heteroatoms. The molecule has 0 aliphatic carbocycles. The van der Waals surface area contributed by atoms with Crippen LogP contribution in [-0.2, 0) is 19.1 Å². The van der Waals surface area contributed by atoms with E-state index in [0.717, 1.165) is 16.7 Å². The minimum atomic E-state index is -1.29. The summed E-state index contributed by atoms with van der Waals surface area (Å²) in [6.07, 6.45) is 0. The smallest absolute Gasteiger partial charge is 0.326 e. The normalized spacial score (nSPS) is 28.6. The summed E-state index contributed by atoms with van der Waals surface area (Å²) in [6.45, 7) is 5.55. The van der Waals surface area contributed by atoms with Crippen LogP contribution < -0.4 is 10.2 Å². The Bertz CT molecular complexity index is 1000. The van der Waals surface area contributed by atoms with Gasteiger partial charge in [0.25, 0.3) is 0 Å². The van der Waals surface area contributed by atoms with E-state index in [1.807, 2.05) is 50.2 Å². The summed E-state index contributed by atoms with van der Waals surface area (Å²) >= 11 is 0. The number of fused-ring (bicyclic) bond motifs is 1. The zero-order valence-corrected chi connectivity index (χ0v) is 16.9. The van der Waals surface area contributed by atoms with Crippen molar-refractivity contribution in [3.8, 4) is 0 Å². The fraction of sp³-hybridized carbons (Fsp3) is 0.348. The third-order valence-corrected chi connectivity index (χ3v) is 6.21. The summed E-state index contributed by atoms with van der Waals surface area (Å²) in [5, 5.41) is 3.28. The molecule has 0 saturated carbocycles. The van der Waals surface area contributed by atoms with Crippen LogP contribution >= 0.6 is 0 Å². The molecule has 0 aromatic heterocycles. The standard InChI is InChI=1S/C23H24N2O4/c1-13-9-11-15(12-10-13)25-20(26)17-18(21(25)27)23(3,22(28)29-4)24-19(17)16-8-6-5-7-14(16)2/h5-12,17-19,24H,1-4H3/t17-,18-,19-,23+/m0/s1. The Morgan fingerprint density at radius 3 is 2.31 bits per heavy atom. The Hall–Kier alpha value is -2.99. The van der Waals surface area contributed by atoms with Gasteiger partial charge >= 0.3 is 5.97 Å². The van der Waals surface area contributed by atoms with Crippen molar-refractivity contribution in [3.63, 3.8) is 0 Å². The van der Waals surface area contributed by atoms with Crippen LogP contribution in [0.3, 0.4) is 0 Å².